The van der Waals surface area contributed by atoms with Crippen molar-refractivity contribution in [3.8, 4) is 0 Å². The highest BCUT2D eigenvalue weighted by Gasteiger charge is 2.26. The highest BCUT2D eigenvalue weighted by molar-refractivity contribution is 7.89. The van der Waals surface area contributed by atoms with Gasteiger partial charge in [-0.1, -0.05) is 54.1 Å². The molecule has 0 atom stereocenters. The second kappa shape index (κ2) is 7.99. The van der Waals surface area contributed by atoms with E-state index in [1.54, 1.807) is 35.2 Å². The van der Waals surface area contributed by atoms with Crippen molar-refractivity contribution in [3.05, 3.63) is 94.5 Å². The van der Waals surface area contributed by atoms with Gasteiger partial charge in [-0.25, -0.2) is 13.1 Å². The summed E-state index contributed by atoms with van der Waals surface area (Å²) >= 11 is 6.02. The van der Waals surface area contributed by atoms with Gasteiger partial charge in [-0.15, -0.1) is 0 Å². The molecular formula is C22H19ClN2O3S. The number of nitrogens with zero attached hydrogens (tertiary/aromatic N) is 1. The van der Waals surface area contributed by atoms with Crippen molar-refractivity contribution >= 4 is 33.2 Å². The van der Waals surface area contributed by atoms with Crippen LogP contribution in [0, 0.1) is 0 Å². The average molecular weight is 427 g/mol. The highest BCUT2D eigenvalue weighted by Crippen LogP contribution is 2.30. The van der Waals surface area contributed by atoms with Crippen molar-refractivity contribution in [1.29, 1.82) is 0 Å². The van der Waals surface area contributed by atoms with Gasteiger partial charge in [0.1, 0.15) is 4.90 Å². The van der Waals surface area contributed by atoms with Gasteiger partial charge in [-0.05, 0) is 47.9 Å². The van der Waals surface area contributed by atoms with E-state index >= 15 is 0 Å². The summed E-state index contributed by atoms with van der Waals surface area (Å²) < 4.78 is 27.7. The van der Waals surface area contributed by atoms with Crippen LogP contribution in [0.5, 0.6) is 0 Å². The van der Waals surface area contributed by atoms with Crippen LogP contribution in [0.15, 0.2) is 77.7 Å². The number of nitrogens with one attached hydrogen (secondary N) is 1. The number of benzene rings is 3. The number of halogens is 1. The Balaban J connectivity index is 1.54. The number of carbonyl (C=O) groups is 1. The summed E-state index contributed by atoms with van der Waals surface area (Å²) in [4.78, 5) is 14.7. The maximum absolute atomic E-state index is 12.9. The summed E-state index contributed by atoms with van der Waals surface area (Å²) in [6.45, 7) is 0.714. The van der Waals surface area contributed by atoms with Crippen LogP contribution in [-0.2, 0) is 23.0 Å². The molecule has 7 heteroatoms. The Morgan fingerprint density at radius 3 is 2.48 bits per heavy atom. The maximum atomic E-state index is 12.9. The molecule has 0 radical (unpaired) electrons. The molecule has 0 fully saturated rings. The molecule has 148 valence electrons. The van der Waals surface area contributed by atoms with E-state index < -0.39 is 10.0 Å². The van der Waals surface area contributed by atoms with Crippen molar-refractivity contribution in [2.24, 2.45) is 0 Å². The number of hydrogen-bond acceptors (Lipinski definition) is 3. The normalized spacial score (nSPS) is 13.3. The molecule has 1 amide bonds. The van der Waals surface area contributed by atoms with E-state index in [2.05, 4.69) is 4.72 Å². The molecule has 3 aromatic rings. The molecule has 0 aromatic heterocycles. The van der Waals surface area contributed by atoms with Crippen molar-refractivity contribution in [3.63, 3.8) is 0 Å². The van der Waals surface area contributed by atoms with Gasteiger partial charge in [-0.2, -0.15) is 0 Å². The van der Waals surface area contributed by atoms with Crippen LogP contribution < -0.4 is 9.62 Å². The third kappa shape index (κ3) is 4.05. The van der Waals surface area contributed by atoms with Gasteiger partial charge < -0.3 is 4.90 Å². The molecule has 1 aliphatic heterocycles. The Morgan fingerprint density at radius 1 is 1.00 bits per heavy atom. The smallest absolute Gasteiger partial charge is 0.258 e. The van der Waals surface area contributed by atoms with Gasteiger partial charge >= 0.3 is 0 Å². The Bertz CT molecular complexity index is 1160. The van der Waals surface area contributed by atoms with Crippen molar-refractivity contribution in [1.82, 2.24) is 4.72 Å². The molecular weight excluding hydrogens is 408 g/mol. The van der Waals surface area contributed by atoms with Crippen molar-refractivity contribution in [2.45, 2.75) is 17.9 Å². The van der Waals surface area contributed by atoms with E-state index in [1.807, 2.05) is 36.4 Å². The summed E-state index contributed by atoms with van der Waals surface area (Å²) in [5, 5.41) is 0.175. The van der Waals surface area contributed by atoms with Crippen LogP contribution in [0.1, 0.15) is 21.5 Å². The fraction of sp³-hybridized carbons (Fsp3) is 0.136. The molecule has 0 saturated carbocycles. The van der Waals surface area contributed by atoms with Gasteiger partial charge in [0.05, 0.1) is 5.02 Å². The molecule has 29 heavy (non-hydrogen) atoms. The van der Waals surface area contributed by atoms with Crippen molar-refractivity contribution < 1.29 is 13.2 Å². The molecule has 0 saturated heterocycles. The van der Waals surface area contributed by atoms with Crippen LogP contribution in [0.2, 0.25) is 5.02 Å². The van der Waals surface area contributed by atoms with Gasteiger partial charge in [0.2, 0.25) is 10.0 Å². The Kier molecular flexibility index (Phi) is 5.41. The maximum Gasteiger partial charge on any atom is 0.258 e. The minimum atomic E-state index is -3.74. The summed E-state index contributed by atoms with van der Waals surface area (Å²) in [7, 11) is -3.74. The van der Waals surface area contributed by atoms with E-state index in [0.717, 1.165) is 23.2 Å². The lowest BCUT2D eigenvalue weighted by Crippen LogP contribution is -2.29. The molecule has 0 spiro atoms. The first-order chi connectivity index (χ1) is 14.0. The third-order valence-electron chi connectivity index (χ3n) is 4.90. The van der Waals surface area contributed by atoms with Gasteiger partial charge in [-0.3, -0.25) is 4.79 Å². The quantitative estimate of drug-likeness (QED) is 0.670. The SMILES string of the molecule is O=C(c1ccccc1)N1CCc2ccc(CNS(=O)(=O)c3ccccc3Cl)cc21. The molecule has 1 aliphatic rings. The van der Waals surface area contributed by atoms with E-state index in [1.165, 1.54) is 6.07 Å². The number of amides is 1. The zero-order chi connectivity index (χ0) is 20.4. The molecule has 5 nitrogen and oxygen atoms in total. The predicted molar refractivity (Wildman–Crippen MR) is 114 cm³/mol. The second-order valence-corrected chi connectivity index (χ2v) is 8.93. The lowest BCUT2D eigenvalue weighted by molar-refractivity contribution is 0.0989. The van der Waals surface area contributed by atoms with Gasteiger partial charge in [0, 0.05) is 24.3 Å². The van der Waals surface area contributed by atoms with E-state index in [4.69, 9.17) is 11.6 Å². The van der Waals surface area contributed by atoms with Crippen molar-refractivity contribution in [2.75, 3.05) is 11.4 Å². The third-order valence-corrected chi connectivity index (χ3v) is 6.80. The van der Waals surface area contributed by atoms with Crippen LogP contribution in [-0.4, -0.2) is 20.9 Å². The minimum absolute atomic E-state index is 0.0451. The zero-order valence-corrected chi connectivity index (χ0v) is 17.1. The lowest BCUT2D eigenvalue weighted by atomic mass is 10.1. The van der Waals surface area contributed by atoms with Crippen LogP contribution in [0.4, 0.5) is 5.69 Å². The average Bonchev–Trinajstić information content (AvgIpc) is 3.16. The summed E-state index contributed by atoms with van der Waals surface area (Å²) in [5.41, 5.74) is 3.30. The molecule has 0 unspecified atom stereocenters. The molecule has 4 rings (SSSR count). The summed E-state index contributed by atoms with van der Waals surface area (Å²) in [6.07, 6.45) is 0.777. The zero-order valence-electron chi connectivity index (χ0n) is 15.5. The first-order valence-electron chi connectivity index (χ1n) is 9.18. The number of sulfonamides is 1. The Morgan fingerprint density at radius 2 is 1.72 bits per heavy atom. The van der Waals surface area contributed by atoms with E-state index in [9.17, 15) is 13.2 Å². The number of anilines is 1. The lowest BCUT2D eigenvalue weighted by Gasteiger charge is -2.18. The van der Waals surface area contributed by atoms with E-state index in [-0.39, 0.29) is 22.4 Å². The second-order valence-electron chi connectivity index (χ2n) is 6.79. The predicted octanol–water partition coefficient (Wildman–Crippen LogP) is 4.02. The van der Waals surface area contributed by atoms with Crippen LogP contribution >= 0.6 is 11.6 Å². The number of carbonyl (C=O) groups excluding carboxylic acids is 1. The first kappa shape index (κ1) is 19.6. The highest BCUT2D eigenvalue weighted by atomic mass is 35.5. The molecule has 3 aromatic carbocycles. The molecule has 0 aliphatic carbocycles. The fourth-order valence-corrected chi connectivity index (χ4v) is 4.94. The standard InChI is InChI=1S/C22H19ClN2O3S/c23-19-8-4-5-9-21(19)29(27,28)24-15-16-10-11-17-12-13-25(20(17)14-16)22(26)18-6-2-1-3-7-18/h1-11,14,24H,12-13,15H2. The Hall–Kier alpha value is -2.67. The summed E-state index contributed by atoms with van der Waals surface area (Å²) in [5.74, 6) is -0.0573. The molecule has 1 heterocycles. The summed E-state index contributed by atoms with van der Waals surface area (Å²) in [6, 6.07) is 21.2. The van der Waals surface area contributed by atoms with Gasteiger partial charge in [0.25, 0.3) is 5.91 Å². The number of fused-ring (bicyclic) bond motifs is 1. The van der Waals surface area contributed by atoms with Crippen LogP contribution in [0.25, 0.3) is 0 Å². The number of rotatable bonds is 5. The minimum Gasteiger partial charge on any atom is -0.308 e. The number of hydrogen-bond donors (Lipinski definition) is 1. The first-order valence-corrected chi connectivity index (χ1v) is 11.0. The molecule has 0 bridgehead atoms. The van der Waals surface area contributed by atoms with Gasteiger partial charge in [0.15, 0.2) is 0 Å². The topological polar surface area (TPSA) is 66.5 Å². The fourth-order valence-electron chi connectivity index (χ4n) is 3.40. The van der Waals surface area contributed by atoms with E-state index in [0.29, 0.717) is 12.1 Å². The molecule has 1 N–H and O–H groups in total. The van der Waals surface area contributed by atoms with Crippen LogP contribution in [0.3, 0.4) is 0 Å². The largest absolute Gasteiger partial charge is 0.308 e. The monoisotopic (exact) mass is 426 g/mol. The Labute approximate surface area is 175 Å².